The van der Waals surface area contributed by atoms with Crippen molar-refractivity contribution in [2.24, 2.45) is 5.92 Å². The first-order chi connectivity index (χ1) is 7.79. The summed E-state index contributed by atoms with van der Waals surface area (Å²) in [4.78, 5) is 11.3. The Kier molecular flexibility index (Phi) is 3.83. The maximum atomic E-state index is 11.3. The SMILES string of the molecule is CCCCNC(=O)OCC1CC2C=CC1O2. The number of rotatable bonds is 5. The van der Waals surface area contributed by atoms with Crippen LogP contribution < -0.4 is 5.32 Å². The van der Waals surface area contributed by atoms with Crippen LogP contribution in [0.4, 0.5) is 4.79 Å². The standard InChI is InChI=1S/C12H19NO3/c1-2-3-6-13-12(14)15-8-9-7-10-4-5-11(9)16-10/h4-5,9-11H,2-3,6-8H2,1H3,(H,13,14). The van der Waals surface area contributed by atoms with Gasteiger partial charge in [0, 0.05) is 12.5 Å². The van der Waals surface area contributed by atoms with Crippen molar-refractivity contribution >= 4 is 6.09 Å². The fraction of sp³-hybridized carbons (Fsp3) is 0.750. The molecule has 0 spiro atoms. The normalized spacial score (nSPS) is 30.7. The van der Waals surface area contributed by atoms with Gasteiger partial charge in [0.2, 0.25) is 0 Å². The molecule has 1 fully saturated rings. The van der Waals surface area contributed by atoms with Crippen molar-refractivity contribution in [2.45, 2.75) is 38.4 Å². The van der Waals surface area contributed by atoms with Crippen LogP contribution in [-0.2, 0) is 9.47 Å². The molecule has 1 amide bonds. The molecule has 0 aliphatic carbocycles. The number of carbonyl (C=O) groups excluding carboxylic acids is 1. The van der Waals surface area contributed by atoms with E-state index >= 15 is 0 Å². The van der Waals surface area contributed by atoms with Crippen molar-refractivity contribution in [3.63, 3.8) is 0 Å². The number of nitrogens with one attached hydrogen (secondary N) is 1. The maximum absolute atomic E-state index is 11.3. The molecular weight excluding hydrogens is 206 g/mol. The Morgan fingerprint density at radius 1 is 1.56 bits per heavy atom. The summed E-state index contributed by atoms with van der Waals surface area (Å²) < 4.78 is 10.8. The molecule has 0 aromatic heterocycles. The van der Waals surface area contributed by atoms with Gasteiger partial charge in [0.25, 0.3) is 0 Å². The van der Waals surface area contributed by atoms with Crippen molar-refractivity contribution in [1.82, 2.24) is 5.32 Å². The zero-order valence-corrected chi connectivity index (χ0v) is 9.65. The van der Waals surface area contributed by atoms with Crippen LogP contribution in [0.5, 0.6) is 0 Å². The summed E-state index contributed by atoms with van der Waals surface area (Å²) in [5.41, 5.74) is 0. The van der Waals surface area contributed by atoms with E-state index in [-0.39, 0.29) is 18.3 Å². The lowest BCUT2D eigenvalue weighted by Crippen LogP contribution is -2.29. The third-order valence-electron chi connectivity index (χ3n) is 3.08. The fourth-order valence-corrected chi connectivity index (χ4v) is 2.12. The van der Waals surface area contributed by atoms with Crippen LogP contribution in [0.25, 0.3) is 0 Å². The summed E-state index contributed by atoms with van der Waals surface area (Å²) in [5, 5.41) is 2.73. The second-order valence-electron chi connectivity index (χ2n) is 4.40. The first kappa shape index (κ1) is 11.5. The van der Waals surface area contributed by atoms with Gasteiger partial charge in [-0.1, -0.05) is 25.5 Å². The van der Waals surface area contributed by atoms with Crippen molar-refractivity contribution in [1.29, 1.82) is 0 Å². The van der Waals surface area contributed by atoms with Crippen LogP contribution >= 0.6 is 0 Å². The molecule has 16 heavy (non-hydrogen) atoms. The van der Waals surface area contributed by atoms with E-state index in [1.165, 1.54) is 0 Å². The summed E-state index contributed by atoms with van der Waals surface area (Å²) in [6.45, 7) is 3.25. The third kappa shape index (κ3) is 2.76. The van der Waals surface area contributed by atoms with Gasteiger partial charge >= 0.3 is 6.09 Å². The van der Waals surface area contributed by atoms with E-state index in [2.05, 4.69) is 24.4 Å². The fourth-order valence-electron chi connectivity index (χ4n) is 2.12. The van der Waals surface area contributed by atoms with Gasteiger partial charge < -0.3 is 14.8 Å². The van der Waals surface area contributed by atoms with Crippen molar-refractivity contribution in [2.75, 3.05) is 13.2 Å². The number of ether oxygens (including phenoxy) is 2. The molecule has 2 rings (SSSR count). The third-order valence-corrected chi connectivity index (χ3v) is 3.08. The van der Waals surface area contributed by atoms with Crippen LogP contribution in [0.2, 0.25) is 0 Å². The quantitative estimate of drug-likeness (QED) is 0.574. The number of amides is 1. The predicted octanol–water partition coefficient (Wildman–Crippen LogP) is 1.86. The van der Waals surface area contributed by atoms with Crippen LogP contribution in [0.3, 0.4) is 0 Å². The van der Waals surface area contributed by atoms with E-state index in [0.717, 1.165) is 19.3 Å². The van der Waals surface area contributed by atoms with Crippen LogP contribution in [0, 0.1) is 5.92 Å². The second kappa shape index (κ2) is 5.34. The molecule has 0 saturated carbocycles. The Balaban J connectivity index is 1.61. The van der Waals surface area contributed by atoms with Crippen molar-refractivity contribution in [3.05, 3.63) is 12.2 Å². The van der Waals surface area contributed by atoms with Gasteiger partial charge in [0.15, 0.2) is 0 Å². The van der Waals surface area contributed by atoms with Crippen LogP contribution in [-0.4, -0.2) is 31.5 Å². The van der Waals surface area contributed by atoms with E-state index in [0.29, 0.717) is 19.1 Å². The number of carbonyl (C=O) groups is 1. The average Bonchev–Trinajstić information content (AvgIpc) is 2.88. The van der Waals surface area contributed by atoms with E-state index in [9.17, 15) is 4.79 Å². The van der Waals surface area contributed by atoms with Gasteiger partial charge in [-0.05, 0) is 12.8 Å². The van der Waals surface area contributed by atoms with Gasteiger partial charge in [-0.15, -0.1) is 0 Å². The van der Waals surface area contributed by atoms with Gasteiger partial charge in [0.05, 0.1) is 18.8 Å². The molecular formula is C12H19NO3. The molecule has 0 aromatic rings. The van der Waals surface area contributed by atoms with Gasteiger partial charge in [-0.2, -0.15) is 0 Å². The molecule has 1 saturated heterocycles. The highest BCUT2D eigenvalue weighted by Gasteiger charge is 2.37. The Morgan fingerprint density at radius 2 is 2.44 bits per heavy atom. The monoisotopic (exact) mass is 225 g/mol. The molecule has 0 radical (unpaired) electrons. The Hall–Kier alpha value is -1.03. The molecule has 2 bridgehead atoms. The lowest BCUT2D eigenvalue weighted by atomic mass is 9.95. The van der Waals surface area contributed by atoms with Gasteiger partial charge in [-0.3, -0.25) is 0 Å². The number of alkyl carbamates (subject to hydrolysis) is 1. The number of hydrogen-bond acceptors (Lipinski definition) is 3. The summed E-state index contributed by atoms with van der Waals surface area (Å²) in [6.07, 6.45) is 7.30. The summed E-state index contributed by atoms with van der Waals surface area (Å²) in [6, 6.07) is 0. The first-order valence-electron chi connectivity index (χ1n) is 6.04. The predicted molar refractivity (Wildman–Crippen MR) is 60.2 cm³/mol. The highest BCUT2D eigenvalue weighted by molar-refractivity contribution is 5.67. The molecule has 4 heteroatoms. The zero-order valence-electron chi connectivity index (χ0n) is 9.65. The van der Waals surface area contributed by atoms with Crippen LogP contribution in [0.15, 0.2) is 12.2 Å². The summed E-state index contributed by atoms with van der Waals surface area (Å²) >= 11 is 0. The molecule has 2 heterocycles. The van der Waals surface area contributed by atoms with Crippen molar-refractivity contribution < 1.29 is 14.3 Å². The Bertz CT molecular complexity index is 277. The molecule has 3 unspecified atom stereocenters. The highest BCUT2D eigenvalue weighted by atomic mass is 16.6. The minimum atomic E-state index is -0.305. The minimum absolute atomic E-state index is 0.161. The average molecular weight is 225 g/mol. The summed E-state index contributed by atoms with van der Waals surface area (Å²) in [7, 11) is 0. The first-order valence-corrected chi connectivity index (χ1v) is 6.04. The Morgan fingerprint density at radius 3 is 3.06 bits per heavy atom. The number of unbranched alkanes of at least 4 members (excludes halogenated alkanes) is 1. The van der Waals surface area contributed by atoms with Crippen molar-refractivity contribution in [3.8, 4) is 0 Å². The molecule has 90 valence electrons. The topological polar surface area (TPSA) is 47.6 Å². The largest absolute Gasteiger partial charge is 0.449 e. The zero-order chi connectivity index (χ0) is 11.4. The molecule has 3 atom stereocenters. The summed E-state index contributed by atoms with van der Waals surface area (Å²) in [5.74, 6) is 0.340. The molecule has 2 aliphatic rings. The minimum Gasteiger partial charge on any atom is -0.449 e. The molecule has 0 aromatic carbocycles. The number of fused-ring (bicyclic) bond motifs is 2. The van der Waals surface area contributed by atoms with E-state index in [4.69, 9.17) is 9.47 Å². The van der Waals surface area contributed by atoms with Crippen LogP contribution in [0.1, 0.15) is 26.2 Å². The van der Waals surface area contributed by atoms with Gasteiger partial charge in [-0.25, -0.2) is 4.79 Å². The molecule has 1 N–H and O–H groups in total. The smallest absolute Gasteiger partial charge is 0.407 e. The maximum Gasteiger partial charge on any atom is 0.407 e. The Labute approximate surface area is 96.0 Å². The molecule has 4 nitrogen and oxygen atoms in total. The lowest BCUT2D eigenvalue weighted by molar-refractivity contribution is 0.0832. The highest BCUT2D eigenvalue weighted by Crippen LogP contribution is 2.33. The van der Waals surface area contributed by atoms with E-state index in [1.807, 2.05) is 0 Å². The molecule has 2 aliphatic heterocycles. The van der Waals surface area contributed by atoms with E-state index < -0.39 is 0 Å². The van der Waals surface area contributed by atoms with E-state index in [1.54, 1.807) is 0 Å². The lowest BCUT2D eigenvalue weighted by Gasteiger charge is -2.15. The second-order valence-corrected chi connectivity index (χ2v) is 4.40. The van der Waals surface area contributed by atoms with Gasteiger partial charge in [0.1, 0.15) is 0 Å². The number of hydrogen-bond donors (Lipinski definition) is 1.